The monoisotopic (exact) mass is 324 g/mol. The highest BCUT2D eigenvalue weighted by Gasteiger charge is 2.30. The second-order valence-corrected chi connectivity index (χ2v) is 6.28. The normalized spacial score (nSPS) is 22.8. The molecule has 19 heavy (non-hydrogen) atoms. The molecule has 1 amide bonds. The van der Waals surface area contributed by atoms with E-state index in [1.54, 1.807) is 0 Å². The molecule has 1 aromatic carbocycles. The highest BCUT2D eigenvalue weighted by atomic mass is 79.9. The van der Waals surface area contributed by atoms with Crippen molar-refractivity contribution in [3.8, 4) is 0 Å². The predicted octanol–water partition coefficient (Wildman–Crippen LogP) is 2.58. The molecule has 2 atom stereocenters. The van der Waals surface area contributed by atoms with Crippen molar-refractivity contribution < 1.29 is 4.79 Å². The summed E-state index contributed by atoms with van der Waals surface area (Å²) >= 11 is 3.45. The van der Waals surface area contributed by atoms with Gasteiger partial charge in [-0.05, 0) is 49.9 Å². The zero-order valence-corrected chi connectivity index (χ0v) is 12.9. The highest BCUT2D eigenvalue weighted by Crippen LogP contribution is 2.23. The zero-order valence-electron chi connectivity index (χ0n) is 11.3. The van der Waals surface area contributed by atoms with Crippen LogP contribution in [0, 0.1) is 5.92 Å². The van der Waals surface area contributed by atoms with Gasteiger partial charge in [0, 0.05) is 23.5 Å². The largest absolute Gasteiger partial charge is 0.340 e. The van der Waals surface area contributed by atoms with Gasteiger partial charge in [0.05, 0.1) is 0 Å². The molecule has 0 radical (unpaired) electrons. The van der Waals surface area contributed by atoms with Gasteiger partial charge < -0.3 is 10.6 Å². The highest BCUT2D eigenvalue weighted by molar-refractivity contribution is 9.10. The minimum absolute atomic E-state index is 0.253. The molecule has 104 valence electrons. The summed E-state index contributed by atoms with van der Waals surface area (Å²) in [5.41, 5.74) is 6.90. The number of halogens is 1. The summed E-state index contributed by atoms with van der Waals surface area (Å²) in [7, 11) is 0. The van der Waals surface area contributed by atoms with Crippen LogP contribution in [0.15, 0.2) is 28.7 Å². The Balaban J connectivity index is 1.88. The van der Waals surface area contributed by atoms with Crippen LogP contribution in [0.2, 0.25) is 0 Å². The lowest BCUT2D eigenvalue weighted by atomic mass is 10.1. The lowest BCUT2D eigenvalue weighted by Gasteiger charge is -2.21. The second kappa shape index (κ2) is 6.53. The average Bonchev–Trinajstić information content (AvgIpc) is 2.77. The van der Waals surface area contributed by atoms with Crippen LogP contribution in [0.5, 0.6) is 0 Å². The topological polar surface area (TPSA) is 46.3 Å². The van der Waals surface area contributed by atoms with Crippen LogP contribution >= 0.6 is 15.9 Å². The number of rotatable bonds is 4. The van der Waals surface area contributed by atoms with Crippen LogP contribution in [-0.4, -0.2) is 29.9 Å². The molecule has 1 fully saturated rings. The Morgan fingerprint density at radius 3 is 2.95 bits per heavy atom. The summed E-state index contributed by atoms with van der Waals surface area (Å²) in [6.45, 7) is 3.63. The van der Waals surface area contributed by atoms with Crippen molar-refractivity contribution in [2.75, 3.05) is 13.1 Å². The number of hydrogen-bond donors (Lipinski definition) is 1. The van der Waals surface area contributed by atoms with E-state index in [1.165, 1.54) is 5.56 Å². The van der Waals surface area contributed by atoms with Crippen molar-refractivity contribution in [2.24, 2.45) is 11.7 Å². The Kier molecular flexibility index (Phi) is 4.99. The van der Waals surface area contributed by atoms with Crippen LogP contribution in [0.1, 0.15) is 25.3 Å². The minimum Gasteiger partial charge on any atom is -0.340 e. The smallest absolute Gasteiger partial charge is 0.223 e. The molecule has 0 saturated carbocycles. The Hall–Kier alpha value is -0.870. The number of amides is 1. The molecule has 1 aromatic rings. The summed E-state index contributed by atoms with van der Waals surface area (Å²) < 4.78 is 1.06. The van der Waals surface area contributed by atoms with Gasteiger partial charge in [-0.3, -0.25) is 4.79 Å². The van der Waals surface area contributed by atoms with E-state index in [2.05, 4.69) is 35.0 Å². The maximum atomic E-state index is 12.2. The van der Waals surface area contributed by atoms with Crippen molar-refractivity contribution in [1.82, 2.24) is 4.90 Å². The third-order valence-electron chi connectivity index (χ3n) is 3.83. The van der Waals surface area contributed by atoms with Gasteiger partial charge in [-0.2, -0.15) is 0 Å². The molecule has 0 bridgehead atoms. The van der Waals surface area contributed by atoms with Gasteiger partial charge in [0.1, 0.15) is 0 Å². The van der Waals surface area contributed by atoms with Crippen LogP contribution in [-0.2, 0) is 11.2 Å². The maximum absolute atomic E-state index is 12.2. The lowest BCUT2D eigenvalue weighted by Crippen LogP contribution is -2.34. The molecule has 1 aliphatic rings. The standard InChI is InChI=1S/C15H21BrN2O/c1-11-7-13(9-17)10-18(11)15(19)6-5-12-3-2-4-14(16)8-12/h2-4,8,11,13H,5-7,9-10,17H2,1H3. The Morgan fingerprint density at radius 2 is 2.32 bits per heavy atom. The number of likely N-dealkylation sites (tertiary alicyclic amines) is 1. The molecule has 1 aliphatic heterocycles. The van der Waals surface area contributed by atoms with E-state index >= 15 is 0 Å². The number of nitrogens with two attached hydrogens (primary N) is 1. The molecular formula is C15H21BrN2O. The Bertz CT molecular complexity index is 450. The van der Waals surface area contributed by atoms with Crippen molar-refractivity contribution >= 4 is 21.8 Å². The molecule has 4 heteroatoms. The van der Waals surface area contributed by atoms with E-state index in [0.717, 1.165) is 23.9 Å². The van der Waals surface area contributed by atoms with Crippen molar-refractivity contribution in [2.45, 2.75) is 32.2 Å². The van der Waals surface area contributed by atoms with E-state index in [-0.39, 0.29) is 5.91 Å². The van der Waals surface area contributed by atoms with E-state index in [1.807, 2.05) is 17.0 Å². The van der Waals surface area contributed by atoms with E-state index in [0.29, 0.717) is 24.9 Å². The third-order valence-corrected chi connectivity index (χ3v) is 4.32. The summed E-state index contributed by atoms with van der Waals surface area (Å²) in [5, 5.41) is 0. The number of carbonyl (C=O) groups excluding carboxylic acids is 1. The minimum atomic E-state index is 0.253. The zero-order chi connectivity index (χ0) is 13.8. The summed E-state index contributed by atoms with van der Waals surface area (Å²) in [6, 6.07) is 8.48. The van der Waals surface area contributed by atoms with E-state index in [9.17, 15) is 4.79 Å². The first-order chi connectivity index (χ1) is 9.10. The first kappa shape index (κ1) is 14.5. The molecule has 3 nitrogen and oxygen atoms in total. The molecule has 2 N–H and O–H groups in total. The number of nitrogens with zero attached hydrogens (tertiary/aromatic N) is 1. The second-order valence-electron chi connectivity index (χ2n) is 5.36. The SMILES string of the molecule is CC1CC(CN)CN1C(=O)CCc1cccc(Br)c1. The number of carbonyl (C=O) groups is 1. The quantitative estimate of drug-likeness (QED) is 0.925. The van der Waals surface area contributed by atoms with Gasteiger partial charge in [-0.15, -0.1) is 0 Å². The van der Waals surface area contributed by atoms with Gasteiger partial charge >= 0.3 is 0 Å². The summed E-state index contributed by atoms with van der Waals surface area (Å²) in [6.07, 6.45) is 2.42. The van der Waals surface area contributed by atoms with E-state index in [4.69, 9.17) is 5.73 Å². The van der Waals surface area contributed by atoms with Crippen molar-refractivity contribution in [1.29, 1.82) is 0 Å². The number of benzene rings is 1. The number of hydrogen-bond acceptors (Lipinski definition) is 2. The average molecular weight is 325 g/mol. The molecule has 2 rings (SSSR count). The summed E-state index contributed by atoms with van der Waals surface area (Å²) in [4.78, 5) is 14.2. The molecule has 2 unspecified atom stereocenters. The molecule has 1 saturated heterocycles. The molecule has 0 aliphatic carbocycles. The van der Waals surface area contributed by atoms with Crippen molar-refractivity contribution in [3.05, 3.63) is 34.3 Å². The molecule has 0 aromatic heterocycles. The van der Waals surface area contributed by atoms with Crippen LogP contribution in [0.4, 0.5) is 0 Å². The first-order valence-corrected chi connectivity index (χ1v) is 7.63. The molecule has 0 spiro atoms. The van der Waals surface area contributed by atoms with Gasteiger partial charge in [-0.25, -0.2) is 0 Å². The predicted molar refractivity (Wildman–Crippen MR) is 80.8 cm³/mol. The summed E-state index contributed by atoms with van der Waals surface area (Å²) in [5.74, 6) is 0.730. The molecular weight excluding hydrogens is 304 g/mol. The third kappa shape index (κ3) is 3.80. The molecule has 1 heterocycles. The fourth-order valence-electron chi connectivity index (χ4n) is 2.75. The van der Waals surface area contributed by atoms with Gasteiger partial charge in [0.15, 0.2) is 0 Å². The van der Waals surface area contributed by atoms with E-state index < -0.39 is 0 Å². The Labute approximate surface area is 123 Å². The fraction of sp³-hybridized carbons (Fsp3) is 0.533. The lowest BCUT2D eigenvalue weighted by molar-refractivity contribution is -0.131. The van der Waals surface area contributed by atoms with Gasteiger partial charge in [0.2, 0.25) is 5.91 Å². The van der Waals surface area contributed by atoms with Gasteiger partial charge in [0.25, 0.3) is 0 Å². The number of aryl methyl sites for hydroxylation is 1. The fourth-order valence-corrected chi connectivity index (χ4v) is 3.19. The van der Waals surface area contributed by atoms with Crippen LogP contribution in [0.25, 0.3) is 0 Å². The van der Waals surface area contributed by atoms with Crippen LogP contribution < -0.4 is 5.73 Å². The van der Waals surface area contributed by atoms with Crippen LogP contribution in [0.3, 0.4) is 0 Å². The van der Waals surface area contributed by atoms with Gasteiger partial charge in [-0.1, -0.05) is 28.1 Å². The Morgan fingerprint density at radius 1 is 1.53 bits per heavy atom. The van der Waals surface area contributed by atoms with Crippen molar-refractivity contribution in [3.63, 3.8) is 0 Å². The first-order valence-electron chi connectivity index (χ1n) is 6.84. The maximum Gasteiger partial charge on any atom is 0.223 e.